The normalized spacial score (nSPS) is 16.0. The second kappa shape index (κ2) is 6.41. The van der Waals surface area contributed by atoms with Crippen LogP contribution in [0.25, 0.3) is 0 Å². The molecule has 0 saturated heterocycles. The Morgan fingerprint density at radius 3 is 2.29 bits per heavy atom. The van der Waals surface area contributed by atoms with Crippen LogP contribution in [-0.2, 0) is 20.0 Å². The lowest BCUT2D eigenvalue weighted by atomic mass is 10.4. The van der Waals surface area contributed by atoms with Gasteiger partial charge in [-0.3, -0.25) is 0 Å². The molecule has 0 amide bonds. The van der Waals surface area contributed by atoms with Crippen molar-refractivity contribution in [2.45, 2.75) is 35.1 Å². The van der Waals surface area contributed by atoms with E-state index in [0.29, 0.717) is 13.0 Å². The van der Waals surface area contributed by atoms with Gasteiger partial charge in [0.25, 0.3) is 0 Å². The number of benzene rings is 1. The third-order valence-corrected chi connectivity index (χ3v) is 5.98. The number of hydrogen-bond donors (Lipinski definition) is 3. The molecule has 1 aromatic carbocycles. The van der Waals surface area contributed by atoms with Gasteiger partial charge in [-0.25, -0.2) is 26.3 Å². The van der Waals surface area contributed by atoms with Crippen LogP contribution in [0.5, 0.6) is 0 Å². The predicted octanol–water partition coefficient (Wildman–Crippen LogP) is -0.246. The Balaban J connectivity index is 2.20. The average Bonchev–Trinajstić information content (AvgIpc) is 3.22. The van der Waals surface area contributed by atoms with E-state index < -0.39 is 20.0 Å². The molecule has 0 radical (unpaired) electrons. The van der Waals surface area contributed by atoms with E-state index in [1.54, 1.807) is 0 Å². The molecule has 0 heterocycles. The third kappa shape index (κ3) is 4.48. The zero-order valence-electron chi connectivity index (χ0n) is 11.4. The van der Waals surface area contributed by atoms with Crippen LogP contribution < -0.4 is 15.2 Å². The highest BCUT2D eigenvalue weighted by Crippen LogP contribution is 2.23. The van der Waals surface area contributed by atoms with Crippen LogP contribution >= 0.6 is 0 Å². The predicted molar refractivity (Wildman–Crippen MR) is 78.6 cm³/mol. The second-order valence-corrected chi connectivity index (χ2v) is 8.39. The van der Waals surface area contributed by atoms with Gasteiger partial charge in [-0.15, -0.1) is 0 Å². The molecule has 118 valence electrons. The SMILES string of the molecule is NCCCNS(=O)(=O)c1cccc(S(=O)(=O)NC2CC2)c1. The van der Waals surface area contributed by atoms with E-state index in [2.05, 4.69) is 9.44 Å². The maximum absolute atomic E-state index is 12.1. The first-order valence-electron chi connectivity index (χ1n) is 6.67. The maximum atomic E-state index is 12.1. The zero-order valence-corrected chi connectivity index (χ0v) is 13.1. The van der Waals surface area contributed by atoms with Crippen LogP contribution in [0.4, 0.5) is 0 Å². The minimum atomic E-state index is -3.73. The minimum Gasteiger partial charge on any atom is -0.330 e. The molecule has 1 saturated carbocycles. The summed E-state index contributed by atoms with van der Waals surface area (Å²) >= 11 is 0. The first kappa shape index (κ1) is 16.4. The minimum absolute atomic E-state index is 0.0297. The van der Waals surface area contributed by atoms with Crippen LogP contribution in [0.3, 0.4) is 0 Å². The summed E-state index contributed by atoms with van der Waals surface area (Å²) in [7, 11) is -7.39. The van der Waals surface area contributed by atoms with Gasteiger partial charge in [-0.2, -0.15) is 0 Å². The number of nitrogens with two attached hydrogens (primary N) is 1. The van der Waals surface area contributed by atoms with Gasteiger partial charge in [0, 0.05) is 12.6 Å². The average molecular weight is 333 g/mol. The molecule has 1 aliphatic rings. The summed E-state index contributed by atoms with van der Waals surface area (Å²) in [6.45, 7) is 0.596. The van der Waals surface area contributed by atoms with Gasteiger partial charge in [0.2, 0.25) is 20.0 Å². The van der Waals surface area contributed by atoms with E-state index in [-0.39, 0.29) is 22.4 Å². The van der Waals surface area contributed by atoms with Crippen molar-refractivity contribution < 1.29 is 16.8 Å². The third-order valence-electron chi connectivity index (χ3n) is 3.00. The summed E-state index contributed by atoms with van der Waals surface area (Å²) in [5, 5.41) is 0. The standard InChI is InChI=1S/C12H19N3O4S2/c13-7-2-8-14-20(16,17)11-3-1-4-12(9-11)21(18,19)15-10-5-6-10/h1,3-4,9-10,14-15H,2,5-8,13H2. The molecule has 0 spiro atoms. The molecule has 9 heteroatoms. The van der Waals surface area contributed by atoms with E-state index in [1.807, 2.05) is 0 Å². The van der Waals surface area contributed by atoms with Crippen molar-refractivity contribution in [1.82, 2.24) is 9.44 Å². The Morgan fingerprint density at radius 2 is 1.71 bits per heavy atom. The molecule has 4 N–H and O–H groups in total. The first-order valence-corrected chi connectivity index (χ1v) is 9.64. The maximum Gasteiger partial charge on any atom is 0.240 e. The molecule has 0 atom stereocenters. The van der Waals surface area contributed by atoms with Crippen LogP contribution in [0.1, 0.15) is 19.3 Å². The lowest BCUT2D eigenvalue weighted by Gasteiger charge is -2.09. The van der Waals surface area contributed by atoms with Crippen molar-refractivity contribution in [2.75, 3.05) is 13.1 Å². The highest BCUT2D eigenvalue weighted by molar-refractivity contribution is 7.90. The van der Waals surface area contributed by atoms with Crippen LogP contribution in [-0.4, -0.2) is 36.0 Å². The fourth-order valence-corrected chi connectivity index (χ4v) is 4.23. The first-order chi connectivity index (χ1) is 9.85. The molecule has 0 aromatic heterocycles. The van der Waals surface area contributed by atoms with Crippen molar-refractivity contribution in [3.05, 3.63) is 24.3 Å². The van der Waals surface area contributed by atoms with E-state index >= 15 is 0 Å². The lowest BCUT2D eigenvalue weighted by molar-refractivity contribution is 0.578. The van der Waals surface area contributed by atoms with Crippen molar-refractivity contribution in [3.8, 4) is 0 Å². The number of sulfonamides is 2. The Labute approximate surface area is 125 Å². The van der Waals surface area contributed by atoms with Gasteiger partial charge in [0.1, 0.15) is 0 Å². The van der Waals surface area contributed by atoms with Gasteiger partial charge in [-0.1, -0.05) is 6.07 Å². The summed E-state index contributed by atoms with van der Waals surface area (Å²) in [4.78, 5) is -0.116. The summed E-state index contributed by atoms with van der Waals surface area (Å²) in [5.41, 5.74) is 5.31. The summed E-state index contributed by atoms with van der Waals surface area (Å²) in [6.07, 6.45) is 2.15. The number of hydrogen-bond acceptors (Lipinski definition) is 5. The van der Waals surface area contributed by atoms with Crippen LogP contribution in [0, 0.1) is 0 Å². The highest BCUT2D eigenvalue weighted by atomic mass is 32.2. The largest absolute Gasteiger partial charge is 0.330 e. The molecule has 21 heavy (non-hydrogen) atoms. The number of nitrogens with one attached hydrogen (secondary N) is 2. The number of rotatable bonds is 8. The van der Waals surface area contributed by atoms with Crippen molar-refractivity contribution in [3.63, 3.8) is 0 Å². The van der Waals surface area contributed by atoms with Gasteiger partial charge in [-0.05, 0) is 44.0 Å². The fraction of sp³-hybridized carbons (Fsp3) is 0.500. The van der Waals surface area contributed by atoms with E-state index in [9.17, 15) is 16.8 Å². The van der Waals surface area contributed by atoms with Gasteiger partial charge in [0.15, 0.2) is 0 Å². The summed E-state index contributed by atoms with van der Waals surface area (Å²) in [6, 6.07) is 5.29. The Kier molecular flexibility index (Phi) is 4.99. The van der Waals surface area contributed by atoms with Crippen LogP contribution in [0.15, 0.2) is 34.1 Å². The molecular formula is C12H19N3O4S2. The zero-order chi connectivity index (χ0) is 15.5. The lowest BCUT2D eigenvalue weighted by Crippen LogP contribution is -2.28. The van der Waals surface area contributed by atoms with Crippen molar-refractivity contribution >= 4 is 20.0 Å². The smallest absolute Gasteiger partial charge is 0.240 e. The van der Waals surface area contributed by atoms with E-state index in [1.165, 1.54) is 18.2 Å². The monoisotopic (exact) mass is 333 g/mol. The van der Waals surface area contributed by atoms with Gasteiger partial charge >= 0.3 is 0 Å². The fourth-order valence-electron chi connectivity index (χ4n) is 1.69. The highest BCUT2D eigenvalue weighted by Gasteiger charge is 2.28. The quantitative estimate of drug-likeness (QED) is 0.567. The van der Waals surface area contributed by atoms with Gasteiger partial charge in [0.05, 0.1) is 9.79 Å². The van der Waals surface area contributed by atoms with Crippen molar-refractivity contribution in [1.29, 1.82) is 0 Å². The van der Waals surface area contributed by atoms with E-state index in [0.717, 1.165) is 18.9 Å². The molecule has 1 fully saturated rings. The molecular weight excluding hydrogens is 314 g/mol. The molecule has 7 nitrogen and oxygen atoms in total. The molecule has 1 aromatic rings. The van der Waals surface area contributed by atoms with Crippen LogP contribution in [0.2, 0.25) is 0 Å². The molecule has 0 unspecified atom stereocenters. The molecule has 2 rings (SSSR count). The topological polar surface area (TPSA) is 118 Å². The van der Waals surface area contributed by atoms with Gasteiger partial charge < -0.3 is 5.73 Å². The Bertz CT molecular complexity index is 697. The molecule has 0 aliphatic heterocycles. The van der Waals surface area contributed by atoms with Crippen molar-refractivity contribution in [2.24, 2.45) is 5.73 Å². The molecule has 1 aliphatic carbocycles. The summed E-state index contributed by atoms with van der Waals surface area (Å²) < 4.78 is 53.2. The van der Waals surface area contributed by atoms with E-state index in [4.69, 9.17) is 5.73 Å². The Morgan fingerprint density at radius 1 is 1.10 bits per heavy atom. The molecule has 0 bridgehead atoms. The summed E-state index contributed by atoms with van der Waals surface area (Å²) in [5.74, 6) is 0. The second-order valence-electron chi connectivity index (χ2n) is 4.91. The Hall–Kier alpha value is -1.00.